The van der Waals surface area contributed by atoms with Crippen LogP contribution in [0.4, 0.5) is 13.2 Å². The second-order valence-electron chi connectivity index (χ2n) is 7.16. The highest BCUT2D eigenvalue weighted by Crippen LogP contribution is 2.36. The number of carbonyl (C=O) groups is 1. The average Bonchev–Trinajstić information content (AvgIpc) is 2.75. The summed E-state index contributed by atoms with van der Waals surface area (Å²) in [5.74, 6) is -0.232. The van der Waals surface area contributed by atoms with Gasteiger partial charge in [-0.1, -0.05) is 41.9 Å². The normalized spacial score (nSPS) is 18.0. The maximum atomic E-state index is 13.6. The summed E-state index contributed by atoms with van der Waals surface area (Å²) in [7, 11) is 1.26. The number of allylic oxidation sites excluding steroid dienone is 1. The van der Waals surface area contributed by atoms with Crippen LogP contribution in [0.5, 0.6) is 0 Å². The number of esters is 1. The Morgan fingerprint density at radius 1 is 1.22 bits per heavy atom. The maximum Gasteiger partial charge on any atom is 0.416 e. The molecule has 1 N–H and O–H groups in total. The molecule has 0 spiro atoms. The molecule has 0 amide bonds. The van der Waals surface area contributed by atoms with Crippen LogP contribution in [0.1, 0.15) is 36.6 Å². The van der Waals surface area contributed by atoms with Crippen LogP contribution < -0.4 is 5.32 Å². The van der Waals surface area contributed by atoms with Crippen LogP contribution in [0.15, 0.2) is 64.8 Å². The van der Waals surface area contributed by atoms with E-state index in [-0.39, 0.29) is 17.7 Å². The molecule has 0 radical (unpaired) electrons. The van der Waals surface area contributed by atoms with Crippen LogP contribution in [-0.2, 0) is 22.3 Å². The topological polar surface area (TPSA) is 53.9 Å². The number of guanidine groups is 1. The van der Waals surface area contributed by atoms with Crippen molar-refractivity contribution in [3.63, 3.8) is 0 Å². The highest BCUT2D eigenvalue weighted by atomic mass is 35.5. The standard InChI is InChI=1S/C23H23ClF3N3O2/c1-4-28-22-29-20(15-9-7-10-17(24)12-15)19(21(31)32-3)14(2)30(22)13-16-8-5-6-11-18(16)23(25,26)27/h5-12,20H,4,13H2,1-3H3,(H,28,29). The Labute approximate surface area is 189 Å². The number of nitrogens with zero attached hydrogens (tertiary/aromatic N) is 2. The van der Waals surface area contributed by atoms with E-state index in [0.29, 0.717) is 28.8 Å². The minimum atomic E-state index is -4.51. The Balaban J connectivity index is 2.15. The molecule has 1 unspecified atom stereocenters. The van der Waals surface area contributed by atoms with Gasteiger partial charge in [-0.2, -0.15) is 13.2 Å². The number of hydrogen-bond acceptors (Lipinski definition) is 3. The molecule has 0 aromatic heterocycles. The molecular weight excluding hydrogens is 443 g/mol. The molecule has 170 valence electrons. The highest BCUT2D eigenvalue weighted by Gasteiger charge is 2.37. The van der Waals surface area contributed by atoms with Gasteiger partial charge in [0.1, 0.15) is 0 Å². The number of halogens is 4. The van der Waals surface area contributed by atoms with Gasteiger partial charge in [0, 0.05) is 17.3 Å². The molecule has 5 nitrogen and oxygen atoms in total. The highest BCUT2D eigenvalue weighted by molar-refractivity contribution is 6.30. The van der Waals surface area contributed by atoms with Gasteiger partial charge >= 0.3 is 12.1 Å². The maximum absolute atomic E-state index is 13.6. The zero-order valence-electron chi connectivity index (χ0n) is 17.8. The summed E-state index contributed by atoms with van der Waals surface area (Å²) in [6, 6.07) is 11.7. The fourth-order valence-corrected chi connectivity index (χ4v) is 3.88. The summed E-state index contributed by atoms with van der Waals surface area (Å²) >= 11 is 6.15. The molecule has 32 heavy (non-hydrogen) atoms. The van der Waals surface area contributed by atoms with E-state index in [2.05, 4.69) is 10.3 Å². The minimum Gasteiger partial charge on any atom is -0.466 e. The third kappa shape index (κ3) is 4.91. The molecule has 0 fully saturated rings. The van der Waals surface area contributed by atoms with Crippen molar-refractivity contribution in [2.45, 2.75) is 32.6 Å². The predicted molar refractivity (Wildman–Crippen MR) is 117 cm³/mol. The molecule has 0 saturated carbocycles. The minimum absolute atomic E-state index is 0.0652. The average molecular weight is 466 g/mol. The quantitative estimate of drug-likeness (QED) is 0.606. The molecule has 1 aliphatic rings. The Morgan fingerprint density at radius 3 is 2.56 bits per heavy atom. The molecule has 0 aliphatic carbocycles. The van der Waals surface area contributed by atoms with Crippen LogP contribution >= 0.6 is 11.6 Å². The molecule has 9 heteroatoms. The third-order valence-electron chi connectivity index (χ3n) is 5.16. The van der Waals surface area contributed by atoms with Gasteiger partial charge in [0.25, 0.3) is 0 Å². The number of methoxy groups -OCH3 is 1. The van der Waals surface area contributed by atoms with Gasteiger partial charge in [-0.25, -0.2) is 4.79 Å². The second-order valence-corrected chi connectivity index (χ2v) is 7.60. The van der Waals surface area contributed by atoms with Crippen molar-refractivity contribution in [2.24, 2.45) is 4.99 Å². The van der Waals surface area contributed by atoms with Crippen molar-refractivity contribution in [1.29, 1.82) is 0 Å². The van der Waals surface area contributed by atoms with Crippen LogP contribution in [0.3, 0.4) is 0 Å². The smallest absolute Gasteiger partial charge is 0.416 e. The van der Waals surface area contributed by atoms with Gasteiger partial charge in [-0.05, 0) is 43.2 Å². The summed E-state index contributed by atoms with van der Waals surface area (Å²) in [6.45, 7) is 3.75. The molecule has 3 rings (SSSR count). The summed E-state index contributed by atoms with van der Waals surface area (Å²) in [5, 5.41) is 3.69. The van der Waals surface area contributed by atoms with Gasteiger partial charge in [0.2, 0.25) is 0 Å². The number of aliphatic imine (C=N–C) groups is 1. The first-order chi connectivity index (χ1) is 15.2. The predicted octanol–water partition coefficient (Wildman–Crippen LogP) is 5.33. The molecule has 2 aromatic rings. The Hall–Kier alpha value is -3.00. The van der Waals surface area contributed by atoms with Crippen molar-refractivity contribution in [1.82, 2.24) is 10.2 Å². The fourth-order valence-electron chi connectivity index (χ4n) is 3.68. The van der Waals surface area contributed by atoms with Gasteiger partial charge < -0.3 is 15.0 Å². The first-order valence-corrected chi connectivity index (χ1v) is 10.3. The zero-order chi connectivity index (χ0) is 23.5. The molecule has 1 atom stereocenters. The number of alkyl halides is 3. The van der Waals surface area contributed by atoms with Gasteiger partial charge in [0.15, 0.2) is 5.96 Å². The van der Waals surface area contributed by atoms with E-state index in [1.807, 2.05) is 6.92 Å². The molecule has 1 aliphatic heterocycles. The Bertz CT molecular complexity index is 1070. The molecular formula is C23H23ClF3N3O2. The van der Waals surface area contributed by atoms with Crippen LogP contribution in [0, 0.1) is 0 Å². The number of hydrogen-bond donors (Lipinski definition) is 1. The Kier molecular flexibility index (Phi) is 7.13. The zero-order valence-corrected chi connectivity index (χ0v) is 18.6. The lowest BCUT2D eigenvalue weighted by atomic mass is 9.94. The first-order valence-electron chi connectivity index (χ1n) is 9.95. The monoisotopic (exact) mass is 465 g/mol. The summed E-state index contributed by atoms with van der Waals surface area (Å²) in [6.07, 6.45) is -4.51. The molecule has 0 bridgehead atoms. The number of benzene rings is 2. The van der Waals surface area contributed by atoms with E-state index in [1.165, 1.54) is 19.2 Å². The number of carbonyl (C=O) groups excluding carboxylic acids is 1. The van der Waals surface area contributed by atoms with Gasteiger partial charge in [-0.3, -0.25) is 4.99 Å². The van der Waals surface area contributed by atoms with E-state index in [4.69, 9.17) is 16.3 Å². The molecule has 2 aromatic carbocycles. The number of nitrogens with one attached hydrogen (secondary N) is 1. The SMILES string of the molecule is CCN=C1NC(c2cccc(Cl)c2)C(C(=O)OC)=C(C)N1Cc1ccccc1C(F)(F)F. The van der Waals surface area contributed by atoms with Crippen molar-refractivity contribution >= 4 is 23.5 Å². The van der Waals surface area contributed by atoms with Gasteiger partial charge in [0.05, 0.1) is 30.8 Å². The third-order valence-corrected chi connectivity index (χ3v) is 5.39. The Morgan fingerprint density at radius 2 is 1.94 bits per heavy atom. The number of ether oxygens (including phenoxy) is 1. The van der Waals surface area contributed by atoms with Crippen molar-refractivity contribution in [3.8, 4) is 0 Å². The van der Waals surface area contributed by atoms with E-state index >= 15 is 0 Å². The van der Waals surface area contributed by atoms with Crippen LogP contribution in [-0.4, -0.2) is 30.5 Å². The van der Waals surface area contributed by atoms with Crippen molar-refractivity contribution in [2.75, 3.05) is 13.7 Å². The van der Waals surface area contributed by atoms with E-state index in [0.717, 1.165) is 6.07 Å². The van der Waals surface area contributed by atoms with E-state index in [1.54, 1.807) is 42.2 Å². The van der Waals surface area contributed by atoms with Crippen LogP contribution in [0.2, 0.25) is 5.02 Å². The largest absolute Gasteiger partial charge is 0.466 e. The van der Waals surface area contributed by atoms with Crippen molar-refractivity contribution in [3.05, 3.63) is 81.5 Å². The summed E-state index contributed by atoms with van der Waals surface area (Å²) in [4.78, 5) is 18.8. The van der Waals surface area contributed by atoms with E-state index < -0.39 is 23.8 Å². The van der Waals surface area contributed by atoms with E-state index in [9.17, 15) is 18.0 Å². The molecule has 0 saturated heterocycles. The number of rotatable bonds is 5. The first kappa shape index (κ1) is 23.7. The van der Waals surface area contributed by atoms with Gasteiger partial charge in [-0.15, -0.1) is 0 Å². The summed E-state index contributed by atoms with van der Waals surface area (Å²) < 4.78 is 45.7. The lowest BCUT2D eigenvalue weighted by Crippen LogP contribution is -2.49. The lowest BCUT2D eigenvalue weighted by molar-refractivity contribution is -0.139. The van der Waals surface area contributed by atoms with Crippen molar-refractivity contribution < 1.29 is 22.7 Å². The lowest BCUT2D eigenvalue weighted by Gasteiger charge is -2.38. The summed E-state index contributed by atoms with van der Waals surface area (Å²) in [5.41, 5.74) is 0.756. The second kappa shape index (κ2) is 9.65. The fraction of sp³-hybridized carbons (Fsp3) is 0.304. The van der Waals surface area contributed by atoms with Crippen LogP contribution in [0.25, 0.3) is 0 Å². The molecule has 1 heterocycles.